The highest BCUT2D eigenvalue weighted by atomic mass is 79.9. The van der Waals surface area contributed by atoms with Gasteiger partial charge in [-0.2, -0.15) is 0 Å². The van der Waals surface area contributed by atoms with Crippen molar-refractivity contribution in [3.8, 4) is 0 Å². The third-order valence-electron chi connectivity index (χ3n) is 3.02. The number of rotatable bonds is 3. The fourth-order valence-corrected chi connectivity index (χ4v) is 2.34. The lowest BCUT2D eigenvalue weighted by Crippen LogP contribution is -2.22. The van der Waals surface area contributed by atoms with E-state index in [1.54, 1.807) is 7.11 Å². The van der Waals surface area contributed by atoms with Crippen molar-refractivity contribution in [3.05, 3.63) is 22.3 Å². The Labute approximate surface area is 105 Å². The van der Waals surface area contributed by atoms with Crippen LogP contribution in [0.4, 0.5) is 5.82 Å². The Kier molecular flexibility index (Phi) is 3.82. The van der Waals surface area contributed by atoms with Gasteiger partial charge >= 0.3 is 0 Å². The smallest absolute Gasteiger partial charge is 0.128 e. The predicted molar refractivity (Wildman–Crippen MR) is 68.9 cm³/mol. The molecule has 0 radical (unpaired) electrons. The monoisotopic (exact) mass is 284 g/mol. The second kappa shape index (κ2) is 5.15. The van der Waals surface area contributed by atoms with Gasteiger partial charge in [-0.25, -0.2) is 4.98 Å². The van der Waals surface area contributed by atoms with Gasteiger partial charge in [-0.3, -0.25) is 0 Å². The van der Waals surface area contributed by atoms with Crippen molar-refractivity contribution in [2.45, 2.75) is 13.3 Å². The molecular weight excluding hydrogens is 268 g/mol. The summed E-state index contributed by atoms with van der Waals surface area (Å²) in [4.78, 5) is 6.92. The maximum atomic E-state index is 5.20. The molecule has 2 heterocycles. The number of nitrogens with zero attached hydrogens (tertiary/aromatic N) is 2. The van der Waals surface area contributed by atoms with Crippen LogP contribution >= 0.6 is 15.9 Å². The van der Waals surface area contributed by atoms with Gasteiger partial charge in [0.05, 0.1) is 12.3 Å². The molecule has 0 aromatic carbocycles. The van der Waals surface area contributed by atoms with Gasteiger partial charge in [0.25, 0.3) is 0 Å². The van der Waals surface area contributed by atoms with E-state index in [1.807, 2.05) is 6.92 Å². The van der Waals surface area contributed by atoms with Crippen LogP contribution in [0.1, 0.15) is 12.1 Å². The number of anilines is 1. The number of pyridine rings is 1. The number of hydrogen-bond donors (Lipinski definition) is 0. The molecule has 16 heavy (non-hydrogen) atoms. The number of halogens is 1. The fraction of sp³-hybridized carbons (Fsp3) is 0.583. The Morgan fingerprint density at radius 1 is 1.56 bits per heavy atom. The fourth-order valence-electron chi connectivity index (χ4n) is 2.12. The molecule has 1 fully saturated rings. The van der Waals surface area contributed by atoms with Crippen molar-refractivity contribution in [1.82, 2.24) is 4.98 Å². The lowest BCUT2D eigenvalue weighted by Gasteiger charge is -2.18. The van der Waals surface area contributed by atoms with Crippen LogP contribution in [0.15, 0.2) is 16.6 Å². The van der Waals surface area contributed by atoms with E-state index in [0.717, 1.165) is 35.7 Å². The number of ether oxygens (including phenoxy) is 1. The second-order valence-electron chi connectivity index (χ2n) is 4.29. The number of hydrogen-bond acceptors (Lipinski definition) is 3. The van der Waals surface area contributed by atoms with Crippen molar-refractivity contribution < 1.29 is 4.74 Å². The molecule has 0 bridgehead atoms. The summed E-state index contributed by atoms with van der Waals surface area (Å²) in [6.45, 7) is 5.02. The quantitative estimate of drug-likeness (QED) is 0.853. The van der Waals surface area contributed by atoms with Gasteiger partial charge < -0.3 is 9.64 Å². The summed E-state index contributed by atoms with van der Waals surface area (Å²) in [7, 11) is 1.77. The molecule has 0 aliphatic carbocycles. The maximum absolute atomic E-state index is 5.20. The largest absolute Gasteiger partial charge is 0.384 e. The minimum atomic E-state index is 0.649. The number of methoxy groups -OCH3 is 1. The van der Waals surface area contributed by atoms with Crippen molar-refractivity contribution in [1.29, 1.82) is 0 Å². The Bertz CT molecular complexity index is 370. The van der Waals surface area contributed by atoms with Crippen molar-refractivity contribution in [2.75, 3.05) is 31.7 Å². The van der Waals surface area contributed by atoms with E-state index in [2.05, 4.69) is 37.9 Å². The Morgan fingerprint density at radius 2 is 2.38 bits per heavy atom. The molecule has 0 saturated carbocycles. The molecule has 0 N–H and O–H groups in total. The average Bonchev–Trinajstić information content (AvgIpc) is 2.71. The minimum absolute atomic E-state index is 0.649. The summed E-state index contributed by atoms with van der Waals surface area (Å²) in [5.41, 5.74) is 1.05. The Balaban J connectivity index is 2.05. The highest BCUT2D eigenvalue weighted by molar-refractivity contribution is 9.10. The second-order valence-corrected chi connectivity index (χ2v) is 5.15. The highest BCUT2D eigenvalue weighted by Gasteiger charge is 2.23. The maximum Gasteiger partial charge on any atom is 0.128 e. The summed E-state index contributed by atoms with van der Waals surface area (Å²) >= 11 is 3.47. The normalized spacial score (nSPS) is 20.4. The van der Waals surface area contributed by atoms with E-state index in [9.17, 15) is 0 Å². The van der Waals surface area contributed by atoms with E-state index >= 15 is 0 Å². The van der Waals surface area contributed by atoms with E-state index in [1.165, 1.54) is 6.42 Å². The lowest BCUT2D eigenvalue weighted by molar-refractivity contribution is 0.161. The van der Waals surface area contributed by atoms with Gasteiger partial charge in [-0.15, -0.1) is 0 Å². The molecule has 88 valence electrons. The molecule has 0 amide bonds. The molecule has 1 aliphatic rings. The molecule has 1 unspecified atom stereocenters. The number of aryl methyl sites for hydroxylation is 1. The van der Waals surface area contributed by atoms with Gasteiger partial charge in [-0.1, -0.05) is 0 Å². The van der Waals surface area contributed by atoms with Gasteiger partial charge in [0, 0.05) is 30.6 Å². The molecule has 3 nitrogen and oxygen atoms in total. The average molecular weight is 285 g/mol. The lowest BCUT2D eigenvalue weighted by atomic mass is 10.1. The van der Waals surface area contributed by atoms with Gasteiger partial charge in [0.1, 0.15) is 5.82 Å². The van der Waals surface area contributed by atoms with E-state index < -0.39 is 0 Å². The van der Waals surface area contributed by atoms with Crippen LogP contribution in [0.3, 0.4) is 0 Å². The van der Waals surface area contributed by atoms with Crippen molar-refractivity contribution >= 4 is 21.7 Å². The van der Waals surface area contributed by atoms with Gasteiger partial charge in [-0.05, 0) is 41.4 Å². The zero-order valence-electron chi connectivity index (χ0n) is 9.74. The zero-order chi connectivity index (χ0) is 11.5. The van der Waals surface area contributed by atoms with Crippen LogP contribution in [0, 0.1) is 12.8 Å². The summed E-state index contributed by atoms with van der Waals surface area (Å²) < 4.78 is 6.27. The van der Waals surface area contributed by atoms with Crippen LogP contribution in [0.2, 0.25) is 0 Å². The first kappa shape index (κ1) is 11.9. The van der Waals surface area contributed by atoms with Crippen LogP contribution in [-0.2, 0) is 4.74 Å². The Morgan fingerprint density at radius 3 is 3.06 bits per heavy atom. The predicted octanol–water partition coefficient (Wildman–Crippen LogP) is 2.63. The SMILES string of the molecule is COCC1CCN(c2ccc(Br)c(C)n2)C1. The van der Waals surface area contributed by atoms with Crippen LogP contribution < -0.4 is 4.90 Å². The minimum Gasteiger partial charge on any atom is -0.384 e. The van der Waals surface area contributed by atoms with E-state index in [-0.39, 0.29) is 0 Å². The number of aromatic nitrogens is 1. The zero-order valence-corrected chi connectivity index (χ0v) is 11.3. The summed E-state index contributed by atoms with van der Waals surface area (Å²) in [5.74, 6) is 1.73. The molecule has 2 rings (SSSR count). The summed E-state index contributed by atoms with van der Waals surface area (Å²) in [6.07, 6.45) is 1.20. The van der Waals surface area contributed by atoms with Crippen molar-refractivity contribution in [3.63, 3.8) is 0 Å². The first-order valence-electron chi connectivity index (χ1n) is 5.57. The first-order valence-corrected chi connectivity index (χ1v) is 6.37. The summed E-state index contributed by atoms with van der Waals surface area (Å²) in [6, 6.07) is 4.15. The van der Waals surface area contributed by atoms with Crippen LogP contribution in [-0.4, -0.2) is 31.8 Å². The topological polar surface area (TPSA) is 25.4 Å². The van der Waals surface area contributed by atoms with Gasteiger partial charge in [0.15, 0.2) is 0 Å². The summed E-state index contributed by atoms with van der Waals surface area (Å²) in [5, 5.41) is 0. The third-order valence-corrected chi connectivity index (χ3v) is 3.86. The molecule has 1 aliphatic heterocycles. The molecule has 0 spiro atoms. The molecule has 4 heteroatoms. The molecule has 1 aromatic rings. The van der Waals surface area contributed by atoms with E-state index in [4.69, 9.17) is 4.74 Å². The highest BCUT2D eigenvalue weighted by Crippen LogP contribution is 2.24. The molecular formula is C12H17BrN2O. The molecule has 1 atom stereocenters. The third kappa shape index (κ3) is 2.55. The molecule has 1 aromatic heterocycles. The van der Waals surface area contributed by atoms with Crippen LogP contribution in [0.25, 0.3) is 0 Å². The van der Waals surface area contributed by atoms with Crippen molar-refractivity contribution in [2.24, 2.45) is 5.92 Å². The van der Waals surface area contributed by atoms with E-state index in [0.29, 0.717) is 5.92 Å². The first-order chi connectivity index (χ1) is 7.70. The van der Waals surface area contributed by atoms with Crippen LogP contribution in [0.5, 0.6) is 0 Å². The van der Waals surface area contributed by atoms with Gasteiger partial charge in [0.2, 0.25) is 0 Å². The standard InChI is InChI=1S/C12H17BrN2O/c1-9-11(13)3-4-12(14-9)15-6-5-10(7-15)8-16-2/h3-4,10H,5-8H2,1-2H3. The molecule has 1 saturated heterocycles. The Hall–Kier alpha value is -0.610.